The molecule has 2 aromatic carbocycles. The molecule has 0 fully saturated rings. The van der Waals surface area contributed by atoms with E-state index in [4.69, 9.17) is 5.11 Å². The minimum Gasteiger partial charge on any atom is -0.481 e. The van der Waals surface area contributed by atoms with Crippen LogP contribution in [0.2, 0.25) is 0 Å². The van der Waals surface area contributed by atoms with Gasteiger partial charge in [-0.3, -0.25) is 4.79 Å². The van der Waals surface area contributed by atoms with Gasteiger partial charge in [-0.1, -0.05) is 0 Å². The average Bonchev–Trinajstić information content (AvgIpc) is 2.66. The van der Waals surface area contributed by atoms with Gasteiger partial charge in [0.2, 0.25) is 11.6 Å². The van der Waals surface area contributed by atoms with Crippen LogP contribution < -0.4 is 0 Å². The second-order valence-electron chi connectivity index (χ2n) is 5.54. The van der Waals surface area contributed by atoms with E-state index in [0.717, 1.165) is 0 Å². The van der Waals surface area contributed by atoms with E-state index in [1.54, 1.807) is 0 Å². The van der Waals surface area contributed by atoms with Crippen molar-refractivity contribution in [1.29, 1.82) is 0 Å². The molecular weight excluding hydrogens is 414 g/mol. The summed E-state index contributed by atoms with van der Waals surface area (Å²) in [6, 6.07) is 0. The van der Waals surface area contributed by atoms with Gasteiger partial charge in [-0.05, 0) is 12.8 Å². The van der Waals surface area contributed by atoms with E-state index < -0.39 is 94.0 Å². The Morgan fingerprint density at radius 2 is 0.750 bits per heavy atom. The molecule has 2 rings (SSSR count). The molecule has 0 heterocycles. The zero-order chi connectivity index (χ0) is 21.5. The fraction of sp³-hybridized carbons (Fsp3) is 0.188. The molecule has 152 valence electrons. The van der Waals surface area contributed by atoms with Crippen molar-refractivity contribution in [2.75, 3.05) is 0 Å². The molecule has 0 saturated carbocycles. The number of benzene rings is 2. The Hall–Kier alpha value is -2.79. The summed E-state index contributed by atoms with van der Waals surface area (Å²) >= 11 is 0. The van der Waals surface area contributed by atoms with Crippen molar-refractivity contribution >= 4 is 5.97 Å². The molecule has 0 unspecified atom stereocenters. The molecule has 28 heavy (non-hydrogen) atoms. The van der Waals surface area contributed by atoms with Crippen molar-refractivity contribution in [3.8, 4) is 0 Å². The topological polar surface area (TPSA) is 37.3 Å². The Kier molecular flexibility index (Phi) is 5.90. The van der Waals surface area contributed by atoms with Crippen LogP contribution >= 0.6 is 0 Å². The number of carboxylic acid groups (broad SMARTS) is 1. The van der Waals surface area contributed by atoms with Crippen molar-refractivity contribution in [3.63, 3.8) is 0 Å². The van der Waals surface area contributed by atoms with E-state index in [1.165, 1.54) is 0 Å². The normalized spacial score (nSPS) is 11.4. The van der Waals surface area contributed by atoms with Crippen LogP contribution in [0.1, 0.15) is 11.1 Å². The van der Waals surface area contributed by atoms with Gasteiger partial charge in [-0.15, -0.1) is 0 Å². The summed E-state index contributed by atoms with van der Waals surface area (Å²) in [6.45, 7) is 0. The number of hydrogen-bond donors (Lipinski definition) is 1. The Balaban J connectivity index is 2.53. The Bertz CT molecular complexity index is 843. The van der Waals surface area contributed by atoms with E-state index in [2.05, 4.69) is 0 Å². The van der Waals surface area contributed by atoms with Crippen LogP contribution in [0.4, 0.5) is 43.9 Å². The molecule has 0 aromatic heterocycles. The molecule has 2 aromatic rings. The summed E-state index contributed by atoms with van der Waals surface area (Å²) in [5, 5.41) is 9.03. The van der Waals surface area contributed by atoms with Gasteiger partial charge in [0.1, 0.15) is 0 Å². The van der Waals surface area contributed by atoms with Crippen LogP contribution in [0, 0.1) is 64.1 Å². The van der Waals surface area contributed by atoms with Gasteiger partial charge in [0.15, 0.2) is 46.5 Å². The van der Waals surface area contributed by atoms with Crippen molar-refractivity contribution in [2.24, 2.45) is 5.92 Å². The molecule has 0 atom stereocenters. The maximum Gasteiger partial charge on any atom is 0.307 e. The van der Waals surface area contributed by atoms with Gasteiger partial charge in [-0.2, -0.15) is 0 Å². The minimum absolute atomic E-state index is 1.49. The highest BCUT2D eigenvalue weighted by Crippen LogP contribution is 2.29. The molecule has 0 radical (unpaired) electrons. The number of halogens is 10. The van der Waals surface area contributed by atoms with Crippen molar-refractivity contribution in [2.45, 2.75) is 12.8 Å². The van der Waals surface area contributed by atoms with E-state index >= 15 is 0 Å². The minimum atomic E-state index is -2.52. The largest absolute Gasteiger partial charge is 0.481 e. The predicted octanol–water partition coefficient (Wildman–Crippen LogP) is 4.56. The first-order valence-corrected chi connectivity index (χ1v) is 7.13. The molecule has 2 nitrogen and oxygen atoms in total. The standard InChI is InChI=1S/C16H6F10O2/c17-6-4(7(18)11(22)14(25)10(6)21)1-3(16(27)28)2-5-8(19)12(23)15(26)13(24)9(5)20/h3H,1-2H2,(H,27,28). The van der Waals surface area contributed by atoms with Crippen LogP contribution in [0.3, 0.4) is 0 Å². The predicted molar refractivity (Wildman–Crippen MR) is 71.0 cm³/mol. The Morgan fingerprint density at radius 1 is 0.536 bits per heavy atom. The van der Waals surface area contributed by atoms with Crippen LogP contribution in [0.25, 0.3) is 0 Å². The Morgan fingerprint density at radius 3 is 0.964 bits per heavy atom. The fourth-order valence-corrected chi connectivity index (χ4v) is 2.40. The highest BCUT2D eigenvalue weighted by Gasteiger charge is 2.33. The molecular formula is C16H6F10O2. The van der Waals surface area contributed by atoms with E-state index in [9.17, 15) is 48.7 Å². The van der Waals surface area contributed by atoms with Crippen molar-refractivity contribution in [1.82, 2.24) is 0 Å². The van der Waals surface area contributed by atoms with Crippen molar-refractivity contribution in [3.05, 3.63) is 69.3 Å². The van der Waals surface area contributed by atoms with Crippen LogP contribution in [0.15, 0.2) is 0 Å². The molecule has 0 aliphatic carbocycles. The van der Waals surface area contributed by atoms with Gasteiger partial charge >= 0.3 is 5.97 Å². The third-order valence-electron chi connectivity index (χ3n) is 3.85. The first-order valence-electron chi connectivity index (χ1n) is 7.13. The zero-order valence-corrected chi connectivity index (χ0v) is 13.1. The molecule has 12 heteroatoms. The lowest BCUT2D eigenvalue weighted by Crippen LogP contribution is -2.23. The molecule has 0 aliphatic rings. The summed E-state index contributed by atoms with van der Waals surface area (Å²) in [4.78, 5) is 11.2. The third kappa shape index (κ3) is 3.50. The smallest absolute Gasteiger partial charge is 0.307 e. The molecule has 0 bridgehead atoms. The lowest BCUT2D eigenvalue weighted by molar-refractivity contribution is -0.141. The van der Waals surface area contributed by atoms with Crippen LogP contribution in [-0.4, -0.2) is 11.1 Å². The molecule has 0 amide bonds. The summed E-state index contributed by atoms with van der Waals surface area (Å²) in [5.41, 5.74) is -3.24. The molecule has 1 N–H and O–H groups in total. The number of rotatable bonds is 5. The second kappa shape index (κ2) is 7.68. The summed E-state index contributed by atoms with van der Waals surface area (Å²) in [7, 11) is 0. The highest BCUT2D eigenvalue weighted by molar-refractivity contribution is 5.71. The summed E-state index contributed by atoms with van der Waals surface area (Å²) in [6.07, 6.45) is -2.97. The molecule has 0 spiro atoms. The van der Waals surface area contributed by atoms with Crippen LogP contribution in [0.5, 0.6) is 0 Å². The number of hydrogen-bond acceptors (Lipinski definition) is 1. The van der Waals surface area contributed by atoms with E-state index in [0.29, 0.717) is 0 Å². The summed E-state index contributed by atoms with van der Waals surface area (Å²) in [5.74, 6) is -28.5. The van der Waals surface area contributed by atoms with Gasteiger partial charge in [0.05, 0.1) is 5.92 Å². The van der Waals surface area contributed by atoms with Crippen molar-refractivity contribution < 1.29 is 53.8 Å². The van der Waals surface area contributed by atoms with E-state index in [-0.39, 0.29) is 0 Å². The molecule has 0 aliphatic heterocycles. The first kappa shape index (κ1) is 21.5. The highest BCUT2D eigenvalue weighted by atomic mass is 19.2. The van der Waals surface area contributed by atoms with Gasteiger partial charge in [0, 0.05) is 11.1 Å². The fourth-order valence-electron chi connectivity index (χ4n) is 2.40. The number of aliphatic carboxylic acids is 1. The molecule has 0 saturated heterocycles. The first-order chi connectivity index (χ1) is 12.9. The maximum absolute atomic E-state index is 13.7. The summed E-state index contributed by atoms with van der Waals surface area (Å²) < 4.78 is 133. The number of carbonyl (C=O) groups is 1. The average molecular weight is 420 g/mol. The van der Waals surface area contributed by atoms with Gasteiger partial charge in [0.25, 0.3) is 0 Å². The zero-order valence-electron chi connectivity index (χ0n) is 13.1. The third-order valence-corrected chi connectivity index (χ3v) is 3.85. The van der Waals surface area contributed by atoms with Gasteiger partial charge < -0.3 is 5.11 Å². The number of carboxylic acids is 1. The van der Waals surface area contributed by atoms with E-state index in [1.807, 2.05) is 0 Å². The quantitative estimate of drug-likeness (QED) is 0.438. The monoisotopic (exact) mass is 420 g/mol. The lowest BCUT2D eigenvalue weighted by atomic mass is 9.91. The SMILES string of the molecule is O=C(O)C(Cc1c(F)c(F)c(F)c(F)c1F)Cc1c(F)c(F)c(F)c(F)c1F. The lowest BCUT2D eigenvalue weighted by Gasteiger charge is -2.16. The Labute approximate surface area is 149 Å². The van der Waals surface area contributed by atoms with Crippen LogP contribution in [-0.2, 0) is 17.6 Å². The maximum atomic E-state index is 13.7. The second-order valence-corrected chi connectivity index (χ2v) is 5.54. The van der Waals surface area contributed by atoms with Gasteiger partial charge in [-0.25, -0.2) is 43.9 Å².